The van der Waals surface area contributed by atoms with E-state index < -0.39 is 0 Å². The highest BCUT2D eigenvalue weighted by atomic mass is 16.3. The number of para-hydroxylation sites is 1. The molecule has 0 bridgehead atoms. The Morgan fingerprint density at radius 2 is 2.00 bits per heavy atom. The Morgan fingerprint density at radius 1 is 1.16 bits per heavy atom. The van der Waals surface area contributed by atoms with Crippen LogP contribution in [-0.2, 0) is 0 Å². The second kappa shape index (κ2) is 9.04. The van der Waals surface area contributed by atoms with E-state index in [0.29, 0.717) is 5.92 Å². The van der Waals surface area contributed by atoms with Gasteiger partial charge in [0.2, 0.25) is 0 Å². The number of nitrogens with zero attached hydrogens (tertiary/aromatic N) is 1. The Morgan fingerprint density at radius 3 is 2.76 bits per heavy atom. The summed E-state index contributed by atoms with van der Waals surface area (Å²) in [5.41, 5.74) is 7.88. The molecule has 5 nitrogen and oxygen atoms in total. The van der Waals surface area contributed by atoms with Crippen molar-refractivity contribution in [3.63, 3.8) is 0 Å². The van der Waals surface area contributed by atoms with Crippen LogP contribution in [0.3, 0.4) is 0 Å². The molecule has 2 aromatic rings. The lowest BCUT2D eigenvalue weighted by Crippen LogP contribution is -2.29. The van der Waals surface area contributed by atoms with Gasteiger partial charge >= 0.3 is 0 Å². The van der Waals surface area contributed by atoms with E-state index >= 15 is 0 Å². The molecule has 5 heteroatoms. The molecule has 0 saturated carbocycles. The van der Waals surface area contributed by atoms with E-state index in [1.165, 1.54) is 18.5 Å². The minimum atomic E-state index is 0.255. The van der Waals surface area contributed by atoms with Crippen LogP contribution >= 0.6 is 0 Å². The number of hydrogen-bond acceptors (Lipinski definition) is 5. The third kappa shape index (κ3) is 5.08. The topological polar surface area (TPSA) is 52.5 Å². The van der Waals surface area contributed by atoms with Gasteiger partial charge in [-0.1, -0.05) is 18.2 Å². The normalized spacial score (nSPS) is 20.1. The van der Waals surface area contributed by atoms with Crippen molar-refractivity contribution in [2.75, 3.05) is 38.1 Å². The van der Waals surface area contributed by atoms with Crippen LogP contribution in [0.4, 0.5) is 5.69 Å². The Labute approximate surface area is 150 Å². The van der Waals surface area contributed by atoms with E-state index in [1.807, 2.05) is 13.0 Å². The summed E-state index contributed by atoms with van der Waals surface area (Å²) < 4.78 is 5.78. The highest BCUT2D eigenvalue weighted by Gasteiger charge is 2.29. The van der Waals surface area contributed by atoms with Gasteiger partial charge in [-0.3, -0.25) is 5.43 Å². The van der Waals surface area contributed by atoms with Crippen molar-refractivity contribution in [2.45, 2.75) is 25.8 Å². The molecule has 0 spiro atoms. The fraction of sp³-hybridized carbons (Fsp3) is 0.500. The van der Waals surface area contributed by atoms with E-state index in [1.54, 1.807) is 0 Å². The molecule has 2 atom stereocenters. The van der Waals surface area contributed by atoms with Crippen LogP contribution in [0.2, 0.25) is 0 Å². The summed E-state index contributed by atoms with van der Waals surface area (Å²) >= 11 is 0. The largest absolute Gasteiger partial charge is 0.465 e. The standard InChI is InChI=1S/C20H30N4O/c1-16-10-11-19(25-16)20-17(15-22-23-20)14-21-12-6-7-13-24(2)18-8-4-3-5-9-18/h3-5,8-11,17,20-23H,6-7,12-15H2,1-2H3. The summed E-state index contributed by atoms with van der Waals surface area (Å²) in [6, 6.07) is 14.9. The third-order valence-electron chi connectivity index (χ3n) is 4.86. The molecule has 3 N–H and O–H groups in total. The van der Waals surface area contributed by atoms with E-state index in [0.717, 1.165) is 37.7 Å². The predicted octanol–water partition coefficient (Wildman–Crippen LogP) is 2.86. The first-order chi connectivity index (χ1) is 12.2. The zero-order chi connectivity index (χ0) is 17.5. The van der Waals surface area contributed by atoms with Crippen molar-refractivity contribution in [1.29, 1.82) is 0 Å². The zero-order valence-corrected chi connectivity index (χ0v) is 15.3. The average molecular weight is 342 g/mol. The van der Waals surface area contributed by atoms with Crippen molar-refractivity contribution in [1.82, 2.24) is 16.2 Å². The molecule has 0 aliphatic carbocycles. The number of hydrogen-bond donors (Lipinski definition) is 3. The second-order valence-electron chi connectivity index (χ2n) is 6.88. The van der Waals surface area contributed by atoms with Gasteiger partial charge in [0, 0.05) is 38.3 Å². The lowest BCUT2D eigenvalue weighted by molar-refractivity contribution is 0.360. The lowest BCUT2D eigenvalue weighted by Gasteiger charge is -2.19. The lowest BCUT2D eigenvalue weighted by atomic mass is 10.00. The van der Waals surface area contributed by atoms with Crippen LogP contribution in [0.15, 0.2) is 46.9 Å². The van der Waals surface area contributed by atoms with Crippen LogP contribution in [0.5, 0.6) is 0 Å². The Hall–Kier alpha value is -1.82. The molecule has 1 aromatic heterocycles. The number of nitrogens with one attached hydrogen (secondary N) is 3. The van der Waals surface area contributed by atoms with Gasteiger partial charge in [0.1, 0.15) is 11.5 Å². The smallest absolute Gasteiger partial charge is 0.122 e. The maximum Gasteiger partial charge on any atom is 0.122 e. The summed E-state index contributed by atoms with van der Waals surface area (Å²) in [7, 11) is 2.16. The Balaban J connectivity index is 1.32. The molecule has 2 unspecified atom stereocenters. The molecule has 1 aliphatic heterocycles. The van der Waals surface area contributed by atoms with Crippen LogP contribution in [0.1, 0.15) is 30.4 Å². The Bertz CT molecular complexity index is 628. The molecular weight excluding hydrogens is 312 g/mol. The summed E-state index contributed by atoms with van der Waals surface area (Å²) in [5.74, 6) is 2.51. The number of rotatable bonds is 9. The number of anilines is 1. The third-order valence-corrected chi connectivity index (χ3v) is 4.86. The SMILES string of the molecule is Cc1ccc(C2NNCC2CNCCCCN(C)c2ccccc2)o1. The van der Waals surface area contributed by atoms with Crippen molar-refractivity contribution in [3.8, 4) is 0 Å². The molecule has 0 amide bonds. The highest BCUT2D eigenvalue weighted by molar-refractivity contribution is 5.44. The molecule has 1 aliphatic rings. The monoisotopic (exact) mass is 342 g/mol. The highest BCUT2D eigenvalue weighted by Crippen LogP contribution is 2.25. The van der Waals surface area contributed by atoms with Gasteiger partial charge in [0.05, 0.1) is 6.04 Å². The number of aryl methyl sites for hydroxylation is 1. The van der Waals surface area contributed by atoms with Crippen LogP contribution in [0, 0.1) is 12.8 Å². The predicted molar refractivity (Wildman–Crippen MR) is 103 cm³/mol. The molecule has 1 aromatic carbocycles. The summed E-state index contributed by atoms with van der Waals surface area (Å²) in [6.07, 6.45) is 2.38. The number of benzene rings is 1. The van der Waals surface area contributed by atoms with Gasteiger partial charge in [-0.25, -0.2) is 5.43 Å². The number of unbranched alkanes of at least 4 members (excludes halogenated alkanes) is 1. The van der Waals surface area contributed by atoms with E-state index in [-0.39, 0.29) is 6.04 Å². The van der Waals surface area contributed by atoms with E-state index in [9.17, 15) is 0 Å². The van der Waals surface area contributed by atoms with Crippen LogP contribution in [0.25, 0.3) is 0 Å². The molecule has 25 heavy (non-hydrogen) atoms. The minimum absolute atomic E-state index is 0.255. The second-order valence-corrected chi connectivity index (χ2v) is 6.88. The first-order valence-corrected chi connectivity index (χ1v) is 9.25. The first-order valence-electron chi connectivity index (χ1n) is 9.25. The molecule has 0 radical (unpaired) electrons. The molecule has 1 saturated heterocycles. The molecular formula is C20H30N4O. The van der Waals surface area contributed by atoms with Gasteiger partial charge in [-0.2, -0.15) is 0 Å². The average Bonchev–Trinajstić information content (AvgIpc) is 3.27. The zero-order valence-electron chi connectivity index (χ0n) is 15.3. The van der Waals surface area contributed by atoms with Gasteiger partial charge in [0.15, 0.2) is 0 Å². The molecule has 2 heterocycles. The summed E-state index contributed by atoms with van der Waals surface area (Å²) in [6.45, 7) is 6.11. The fourth-order valence-electron chi connectivity index (χ4n) is 3.35. The molecule has 1 fully saturated rings. The molecule has 136 valence electrons. The van der Waals surface area contributed by atoms with Crippen LogP contribution < -0.4 is 21.1 Å². The van der Waals surface area contributed by atoms with Crippen molar-refractivity contribution >= 4 is 5.69 Å². The maximum absolute atomic E-state index is 5.78. The number of hydrazine groups is 1. The Kier molecular flexibility index (Phi) is 6.50. The van der Waals surface area contributed by atoms with Crippen LogP contribution in [-0.4, -0.2) is 33.2 Å². The first kappa shape index (κ1) is 18.0. The van der Waals surface area contributed by atoms with Crippen molar-refractivity contribution < 1.29 is 4.42 Å². The fourth-order valence-corrected chi connectivity index (χ4v) is 3.35. The van der Waals surface area contributed by atoms with E-state index in [4.69, 9.17) is 4.42 Å². The van der Waals surface area contributed by atoms with Crippen molar-refractivity contribution in [3.05, 3.63) is 54.0 Å². The molecule has 3 rings (SSSR count). The number of furan rings is 1. The van der Waals surface area contributed by atoms with Gasteiger partial charge in [-0.05, 0) is 50.6 Å². The van der Waals surface area contributed by atoms with Crippen molar-refractivity contribution in [2.24, 2.45) is 5.92 Å². The van der Waals surface area contributed by atoms with Gasteiger partial charge in [-0.15, -0.1) is 0 Å². The van der Waals surface area contributed by atoms with Gasteiger partial charge < -0.3 is 14.6 Å². The summed E-state index contributed by atoms with van der Waals surface area (Å²) in [5, 5.41) is 3.61. The van der Waals surface area contributed by atoms with Gasteiger partial charge in [0.25, 0.3) is 0 Å². The van der Waals surface area contributed by atoms with E-state index in [2.05, 4.69) is 64.5 Å². The maximum atomic E-state index is 5.78. The summed E-state index contributed by atoms with van der Waals surface area (Å²) in [4.78, 5) is 2.32. The minimum Gasteiger partial charge on any atom is -0.465 e. The quantitative estimate of drug-likeness (QED) is 0.612.